The summed E-state index contributed by atoms with van der Waals surface area (Å²) < 4.78 is 26.9. The van der Waals surface area contributed by atoms with Crippen molar-refractivity contribution in [3.63, 3.8) is 0 Å². The first-order valence-corrected chi connectivity index (χ1v) is 9.72. The van der Waals surface area contributed by atoms with Crippen molar-refractivity contribution in [1.29, 1.82) is 0 Å². The molecule has 2 aliphatic rings. The maximum Gasteiger partial charge on any atom is 0.494 e. The number of hydrogen-bond donors (Lipinski definition) is 0. The van der Waals surface area contributed by atoms with Gasteiger partial charge >= 0.3 is 7.12 Å². The van der Waals surface area contributed by atoms with Gasteiger partial charge in [0, 0.05) is 26.2 Å². The molecule has 0 aliphatic carbocycles. The first kappa shape index (κ1) is 20.6. The molecule has 0 saturated carbocycles. The minimum Gasteiger partial charge on any atom is -0.399 e. The molecule has 1 aromatic rings. The largest absolute Gasteiger partial charge is 0.494 e. The Morgan fingerprint density at radius 1 is 1.00 bits per heavy atom. The molecule has 27 heavy (non-hydrogen) atoms. The average molecular weight is 378 g/mol. The normalized spacial score (nSPS) is 23.1. The van der Waals surface area contributed by atoms with Crippen molar-refractivity contribution in [2.45, 2.75) is 65.3 Å². The van der Waals surface area contributed by atoms with E-state index in [1.165, 1.54) is 6.07 Å². The molecule has 2 fully saturated rings. The highest BCUT2D eigenvalue weighted by Crippen LogP contribution is 2.36. The van der Waals surface area contributed by atoms with Crippen molar-refractivity contribution in [2.24, 2.45) is 0 Å². The number of hydroxylamine groups is 2. The van der Waals surface area contributed by atoms with Crippen LogP contribution in [-0.2, 0) is 14.1 Å². The number of hydrogen-bond acceptors (Lipinski definition) is 5. The van der Waals surface area contributed by atoms with Gasteiger partial charge < -0.3 is 14.2 Å². The van der Waals surface area contributed by atoms with E-state index in [1.54, 1.807) is 0 Å². The zero-order valence-corrected chi connectivity index (χ0v) is 17.6. The Balaban J connectivity index is 1.66. The van der Waals surface area contributed by atoms with Crippen LogP contribution in [0.25, 0.3) is 0 Å². The summed E-state index contributed by atoms with van der Waals surface area (Å²) in [7, 11) is -0.546. The van der Waals surface area contributed by atoms with Crippen molar-refractivity contribution in [2.75, 3.05) is 31.1 Å². The molecule has 0 aromatic heterocycles. The number of benzene rings is 1. The Kier molecular flexibility index (Phi) is 5.36. The maximum absolute atomic E-state index is 14.8. The quantitative estimate of drug-likeness (QED) is 0.756. The highest BCUT2D eigenvalue weighted by molar-refractivity contribution is 6.62. The van der Waals surface area contributed by atoms with Crippen LogP contribution in [0, 0.1) is 5.82 Å². The number of anilines is 1. The molecule has 0 spiro atoms. The smallest absolute Gasteiger partial charge is 0.399 e. The fraction of sp³-hybridized carbons (Fsp3) is 0.700. The molecule has 0 atom stereocenters. The summed E-state index contributed by atoms with van der Waals surface area (Å²) in [5.74, 6) is -0.243. The highest BCUT2D eigenvalue weighted by Gasteiger charge is 2.51. The van der Waals surface area contributed by atoms with Gasteiger partial charge in [0.25, 0.3) is 0 Å². The minimum atomic E-state index is -0.546. The Bertz CT molecular complexity index is 666. The highest BCUT2D eigenvalue weighted by atomic mass is 19.1. The van der Waals surface area contributed by atoms with Crippen LogP contribution in [0.5, 0.6) is 0 Å². The van der Waals surface area contributed by atoms with E-state index in [1.807, 2.05) is 65.7 Å². The molecule has 2 aliphatic heterocycles. The number of piperazine rings is 1. The Hall–Kier alpha value is -1.15. The van der Waals surface area contributed by atoms with E-state index in [2.05, 4.69) is 4.90 Å². The molecule has 150 valence electrons. The van der Waals surface area contributed by atoms with E-state index >= 15 is 0 Å². The standard InChI is InChI=1S/C20H32BFN2O3/c1-18(2,3)27-24-12-10-23(11-13-24)17-9-8-15(14-16(17)22)21-25-19(4,5)20(6,7)26-21/h8-9,14H,10-13H2,1-7H3. The van der Waals surface area contributed by atoms with Gasteiger partial charge in [0.15, 0.2) is 0 Å². The van der Waals surface area contributed by atoms with Gasteiger partial charge in [0.1, 0.15) is 5.82 Å². The van der Waals surface area contributed by atoms with Crippen molar-refractivity contribution in [3.8, 4) is 0 Å². The zero-order chi connectivity index (χ0) is 20.0. The second-order valence-electron chi connectivity index (χ2n) is 9.42. The predicted octanol–water partition coefficient (Wildman–Crippen LogP) is 2.98. The van der Waals surface area contributed by atoms with Crippen molar-refractivity contribution in [3.05, 3.63) is 24.0 Å². The zero-order valence-electron chi connectivity index (χ0n) is 17.6. The van der Waals surface area contributed by atoms with E-state index in [0.717, 1.165) is 26.2 Å². The number of rotatable bonds is 3. The Morgan fingerprint density at radius 2 is 1.56 bits per heavy atom. The van der Waals surface area contributed by atoms with Crippen LogP contribution in [0.4, 0.5) is 10.1 Å². The summed E-state index contributed by atoms with van der Waals surface area (Å²) in [4.78, 5) is 7.96. The lowest BCUT2D eigenvalue weighted by Crippen LogP contribution is -2.49. The average Bonchev–Trinajstić information content (AvgIpc) is 2.75. The van der Waals surface area contributed by atoms with Crippen LogP contribution in [0.3, 0.4) is 0 Å². The lowest BCUT2D eigenvalue weighted by atomic mass is 9.79. The number of halogens is 1. The summed E-state index contributed by atoms with van der Waals surface area (Å²) in [6.07, 6.45) is 0. The molecule has 5 nitrogen and oxygen atoms in total. The lowest BCUT2D eigenvalue weighted by Gasteiger charge is -2.38. The van der Waals surface area contributed by atoms with E-state index in [-0.39, 0.29) is 11.4 Å². The topological polar surface area (TPSA) is 34.2 Å². The van der Waals surface area contributed by atoms with E-state index in [4.69, 9.17) is 14.1 Å². The third kappa shape index (κ3) is 4.48. The molecule has 3 rings (SSSR count). The lowest BCUT2D eigenvalue weighted by molar-refractivity contribution is -0.230. The van der Waals surface area contributed by atoms with Gasteiger partial charge in [-0.2, -0.15) is 5.06 Å². The number of nitrogens with zero attached hydrogens (tertiary/aromatic N) is 2. The van der Waals surface area contributed by atoms with Crippen LogP contribution < -0.4 is 10.4 Å². The summed E-state index contributed by atoms with van der Waals surface area (Å²) in [6, 6.07) is 5.27. The van der Waals surface area contributed by atoms with Crippen LogP contribution in [0.15, 0.2) is 18.2 Å². The van der Waals surface area contributed by atoms with Crippen LogP contribution >= 0.6 is 0 Å². The Labute approximate surface area is 162 Å². The second kappa shape index (κ2) is 7.03. The fourth-order valence-electron chi connectivity index (χ4n) is 3.31. The first-order chi connectivity index (χ1) is 12.4. The van der Waals surface area contributed by atoms with Gasteiger partial charge in [-0.3, -0.25) is 4.84 Å². The van der Waals surface area contributed by atoms with Crippen LogP contribution in [0.2, 0.25) is 0 Å². The summed E-state index contributed by atoms with van der Waals surface area (Å²) >= 11 is 0. The van der Waals surface area contributed by atoms with E-state index in [9.17, 15) is 4.39 Å². The van der Waals surface area contributed by atoms with E-state index in [0.29, 0.717) is 11.2 Å². The summed E-state index contributed by atoms with van der Waals surface area (Å²) in [5.41, 5.74) is 0.250. The third-order valence-corrected chi connectivity index (χ3v) is 5.48. The molecule has 1 aromatic carbocycles. The monoisotopic (exact) mass is 378 g/mol. The molecule has 0 unspecified atom stereocenters. The Morgan fingerprint density at radius 3 is 2.04 bits per heavy atom. The fourth-order valence-corrected chi connectivity index (χ4v) is 3.31. The van der Waals surface area contributed by atoms with Gasteiger partial charge in [-0.15, -0.1) is 0 Å². The maximum atomic E-state index is 14.8. The van der Waals surface area contributed by atoms with Crippen molar-refractivity contribution in [1.82, 2.24) is 5.06 Å². The van der Waals surface area contributed by atoms with E-state index < -0.39 is 18.3 Å². The van der Waals surface area contributed by atoms with Gasteiger partial charge in [-0.1, -0.05) is 6.07 Å². The van der Waals surface area contributed by atoms with Gasteiger partial charge in [-0.05, 0) is 66.1 Å². The minimum absolute atomic E-state index is 0.210. The molecular weight excluding hydrogens is 346 g/mol. The van der Waals surface area contributed by atoms with Crippen molar-refractivity contribution >= 4 is 18.3 Å². The van der Waals surface area contributed by atoms with Crippen LogP contribution in [0.1, 0.15) is 48.5 Å². The third-order valence-electron chi connectivity index (χ3n) is 5.48. The first-order valence-electron chi connectivity index (χ1n) is 9.72. The molecular formula is C20H32BFN2O3. The van der Waals surface area contributed by atoms with Gasteiger partial charge in [-0.25, -0.2) is 4.39 Å². The second-order valence-corrected chi connectivity index (χ2v) is 9.42. The summed E-state index contributed by atoms with van der Waals surface area (Å²) in [5, 5.41) is 1.97. The molecule has 0 radical (unpaired) electrons. The molecule has 2 saturated heterocycles. The van der Waals surface area contributed by atoms with Crippen LogP contribution in [-0.4, -0.2) is 55.2 Å². The SMILES string of the molecule is CC(C)(C)ON1CCN(c2ccc(B3OC(C)(C)C(C)(C)O3)cc2F)CC1. The van der Waals surface area contributed by atoms with Gasteiger partial charge in [0.05, 0.1) is 22.5 Å². The molecule has 0 N–H and O–H groups in total. The molecule has 0 amide bonds. The molecule has 2 heterocycles. The summed E-state index contributed by atoms with van der Waals surface area (Å²) in [6.45, 7) is 17.0. The predicted molar refractivity (Wildman–Crippen MR) is 107 cm³/mol. The molecule has 0 bridgehead atoms. The molecule has 7 heteroatoms. The van der Waals surface area contributed by atoms with Gasteiger partial charge in [0.2, 0.25) is 0 Å². The van der Waals surface area contributed by atoms with Crippen molar-refractivity contribution < 1.29 is 18.5 Å².